The van der Waals surface area contributed by atoms with E-state index in [4.69, 9.17) is 21.7 Å². The zero-order chi connectivity index (χ0) is 16.7. The van der Waals surface area contributed by atoms with E-state index < -0.39 is 0 Å². The zero-order valence-electron chi connectivity index (χ0n) is 12.7. The number of thiocarbonyl (C=S) groups is 1. The Morgan fingerprint density at radius 1 is 1.09 bits per heavy atom. The summed E-state index contributed by atoms with van der Waals surface area (Å²) in [6, 6.07) is 12.2. The molecule has 6 nitrogen and oxygen atoms in total. The van der Waals surface area contributed by atoms with Gasteiger partial charge in [0.25, 0.3) is 0 Å². The van der Waals surface area contributed by atoms with Crippen LogP contribution in [0, 0.1) is 0 Å². The predicted octanol–water partition coefficient (Wildman–Crippen LogP) is 2.73. The van der Waals surface area contributed by atoms with Crippen molar-refractivity contribution < 1.29 is 14.6 Å². The number of ether oxygens (including phenoxy) is 2. The fraction of sp³-hybridized carbons (Fsp3) is 0.125. The van der Waals surface area contributed by atoms with Crippen molar-refractivity contribution in [3.63, 3.8) is 0 Å². The average molecular weight is 331 g/mol. The molecule has 0 bridgehead atoms. The second kappa shape index (κ2) is 8.00. The highest BCUT2D eigenvalue weighted by molar-refractivity contribution is 7.80. The number of hydrogen-bond donors (Lipinski definition) is 3. The summed E-state index contributed by atoms with van der Waals surface area (Å²) in [4.78, 5) is 0. The Hall–Kier alpha value is -2.80. The Morgan fingerprint density at radius 2 is 1.74 bits per heavy atom. The van der Waals surface area contributed by atoms with E-state index in [-0.39, 0.29) is 5.75 Å². The van der Waals surface area contributed by atoms with Crippen molar-refractivity contribution in [2.24, 2.45) is 5.10 Å². The first-order chi connectivity index (χ1) is 11.1. The number of nitrogens with zero attached hydrogens (tertiary/aromatic N) is 1. The molecule has 2 aromatic rings. The summed E-state index contributed by atoms with van der Waals surface area (Å²) in [5.41, 5.74) is 4.01. The van der Waals surface area contributed by atoms with Gasteiger partial charge in [-0.3, -0.25) is 5.43 Å². The summed E-state index contributed by atoms with van der Waals surface area (Å²) in [6.45, 7) is 0. The molecule has 0 saturated carbocycles. The van der Waals surface area contributed by atoms with Crippen molar-refractivity contribution in [2.75, 3.05) is 19.5 Å². The maximum Gasteiger partial charge on any atom is 0.191 e. The van der Waals surface area contributed by atoms with Crippen LogP contribution in [-0.4, -0.2) is 30.7 Å². The summed E-state index contributed by atoms with van der Waals surface area (Å²) < 4.78 is 10.2. The molecule has 23 heavy (non-hydrogen) atoms. The number of anilines is 1. The molecule has 2 aromatic carbocycles. The minimum absolute atomic E-state index is 0.102. The number of hydrazone groups is 1. The summed E-state index contributed by atoms with van der Waals surface area (Å²) in [7, 11) is 3.16. The molecule has 3 N–H and O–H groups in total. The number of phenols is 1. The Balaban J connectivity index is 1.93. The smallest absolute Gasteiger partial charge is 0.191 e. The van der Waals surface area contributed by atoms with E-state index in [1.165, 1.54) is 12.3 Å². The first-order valence-corrected chi connectivity index (χ1v) is 7.14. The largest absolute Gasteiger partial charge is 0.507 e. The number of hydrogen-bond acceptors (Lipinski definition) is 5. The summed E-state index contributed by atoms with van der Waals surface area (Å²) in [5, 5.41) is 17.0. The Morgan fingerprint density at radius 3 is 2.39 bits per heavy atom. The van der Waals surface area contributed by atoms with Crippen molar-refractivity contribution in [3.05, 3.63) is 48.0 Å². The average Bonchev–Trinajstić information content (AvgIpc) is 2.57. The topological polar surface area (TPSA) is 75.1 Å². The molecular weight excluding hydrogens is 314 g/mol. The van der Waals surface area contributed by atoms with Crippen molar-refractivity contribution in [1.29, 1.82) is 0 Å². The van der Waals surface area contributed by atoms with Crippen LogP contribution in [0.5, 0.6) is 17.2 Å². The number of methoxy groups -OCH3 is 2. The number of phenolic OH excluding ortho intramolecular Hbond substituents is 1. The molecule has 0 saturated heterocycles. The minimum Gasteiger partial charge on any atom is -0.507 e. The zero-order valence-corrected chi connectivity index (χ0v) is 13.6. The fourth-order valence-corrected chi connectivity index (χ4v) is 1.93. The third kappa shape index (κ3) is 4.86. The van der Waals surface area contributed by atoms with Crippen LogP contribution >= 0.6 is 12.2 Å². The molecule has 2 rings (SSSR count). The third-order valence-corrected chi connectivity index (χ3v) is 3.15. The van der Waals surface area contributed by atoms with E-state index in [9.17, 15) is 5.11 Å². The standard InChI is InChI=1S/C16H17N3O3S/c1-21-13-5-3-12(4-6-13)18-16(23)19-17-10-11-9-14(22-2)7-8-15(11)20/h3-10,20H,1-2H3,(H2,18,19,23)/b17-10+. The highest BCUT2D eigenvalue weighted by Crippen LogP contribution is 2.21. The molecule has 0 aliphatic rings. The van der Waals surface area contributed by atoms with Crippen LogP contribution in [-0.2, 0) is 0 Å². The van der Waals surface area contributed by atoms with Crippen molar-refractivity contribution in [2.45, 2.75) is 0 Å². The van der Waals surface area contributed by atoms with Crippen LogP contribution in [0.2, 0.25) is 0 Å². The Bertz CT molecular complexity index is 702. The van der Waals surface area contributed by atoms with E-state index in [1.54, 1.807) is 26.4 Å². The van der Waals surface area contributed by atoms with Gasteiger partial charge in [-0.25, -0.2) is 0 Å². The number of nitrogens with one attached hydrogen (secondary N) is 2. The molecule has 0 fully saturated rings. The van der Waals surface area contributed by atoms with Crippen molar-refractivity contribution in [1.82, 2.24) is 5.43 Å². The van der Waals surface area contributed by atoms with Gasteiger partial charge in [-0.15, -0.1) is 0 Å². The molecule has 0 unspecified atom stereocenters. The summed E-state index contributed by atoms with van der Waals surface area (Å²) in [6.07, 6.45) is 1.46. The molecule has 0 heterocycles. The van der Waals surface area contributed by atoms with Gasteiger partial charge in [0.05, 0.1) is 20.4 Å². The van der Waals surface area contributed by atoms with Gasteiger partial charge >= 0.3 is 0 Å². The van der Waals surface area contributed by atoms with Crippen LogP contribution < -0.4 is 20.2 Å². The van der Waals surface area contributed by atoms with Crippen LogP contribution in [0.25, 0.3) is 0 Å². The predicted molar refractivity (Wildman–Crippen MR) is 94.6 cm³/mol. The number of benzene rings is 2. The molecule has 0 aliphatic carbocycles. The molecular formula is C16H17N3O3S. The third-order valence-electron chi connectivity index (χ3n) is 2.95. The molecule has 0 spiro atoms. The number of rotatable bonds is 5. The second-order valence-electron chi connectivity index (χ2n) is 4.48. The Kier molecular flexibility index (Phi) is 5.76. The maximum absolute atomic E-state index is 9.75. The first-order valence-electron chi connectivity index (χ1n) is 6.73. The second-order valence-corrected chi connectivity index (χ2v) is 4.89. The first kappa shape index (κ1) is 16.6. The SMILES string of the molecule is COc1ccc(NC(=S)N/N=C/c2cc(OC)ccc2O)cc1. The normalized spacial score (nSPS) is 10.3. The molecule has 0 radical (unpaired) electrons. The lowest BCUT2D eigenvalue weighted by Crippen LogP contribution is -2.23. The summed E-state index contributed by atoms with van der Waals surface area (Å²) in [5.74, 6) is 1.49. The maximum atomic E-state index is 9.75. The molecule has 0 aromatic heterocycles. The van der Waals surface area contributed by atoms with Crippen LogP contribution in [0.4, 0.5) is 5.69 Å². The van der Waals surface area contributed by atoms with Gasteiger partial charge in [-0.05, 0) is 54.7 Å². The highest BCUT2D eigenvalue weighted by atomic mass is 32.1. The highest BCUT2D eigenvalue weighted by Gasteiger charge is 2.01. The molecule has 0 amide bonds. The monoisotopic (exact) mass is 331 g/mol. The lowest BCUT2D eigenvalue weighted by molar-refractivity contribution is 0.412. The van der Waals surface area contributed by atoms with Gasteiger partial charge in [0, 0.05) is 11.3 Å². The quantitative estimate of drug-likeness (QED) is 0.444. The lowest BCUT2D eigenvalue weighted by atomic mass is 10.2. The van der Waals surface area contributed by atoms with Gasteiger partial charge < -0.3 is 19.9 Å². The fourth-order valence-electron chi connectivity index (χ4n) is 1.76. The Labute approximate surface area is 139 Å². The van der Waals surface area contributed by atoms with Crippen LogP contribution in [0.15, 0.2) is 47.6 Å². The van der Waals surface area contributed by atoms with Gasteiger partial charge in [0.1, 0.15) is 17.2 Å². The van der Waals surface area contributed by atoms with E-state index in [0.717, 1.165) is 11.4 Å². The minimum atomic E-state index is 0.102. The van der Waals surface area contributed by atoms with E-state index >= 15 is 0 Å². The van der Waals surface area contributed by atoms with E-state index in [0.29, 0.717) is 16.4 Å². The van der Waals surface area contributed by atoms with Gasteiger partial charge in [0.2, 0.25) is 0 Å². The van der Waals surface area contributed by atoms with E-state index in [1.807, 2.05) is 24.3 Å². The summed E-state index contributed by atoms with van der Waals surface area (Å²) >= 11 is 5.14. The van der Waals surface area contributed by atoms with Crippen LogP contribution in [0.3, 0.4) is 0 Å². The van der Waals surface area contributed by atoms with Gasteiger partial charge in [-0.2, -0.15) is 5.10 Å². The lowest BCUT2D eigenvalue weighted by Gasteiger charge is -2.08. The van der Waals surface area contributed by atoms with Crippen molar-refractivity contribution in [3.8, 4) is 17.2 Å². The van der Waals surface area contributed by atoms with E-state index in [2.05, 4.69) is 15.8 Å². The molecule has 120 valence electrons. The van der Waals surface area contributed by atoms with Gasteiger partial charge in [-0.1, -0.05) is 0 Å². The molecule has 0 atom stereocenters. The van der Waals surface area contributed by atoms with Crippen LogP contribution in [0.1, 0.15) is 5.56 Å². The molecule has 7 heteroatoms. The molecule has 0 aliphatic heterocycles. The van der Waals surface area contributed by atoms with Gasteiger partial charge in [0.15, 0.2) is 5.11 Å². The number of aromatic hydroxyl groups is 1. The van der Waals surface area contributed by atoms with Crippen molar-refractivity contribution >= 4 is 29.2 Å².